The molecule has 0 bridgehead atoms. The molecule has 0 saturated heterocycles. The first-order valence-electron chi connectivity index (χ1n) is 2.43. The molecule has 0 radical (unpaired) electrons. The topological polar surface area (TPSA) is 29.5 Å². The van der Waals surface area contributed by atoms with Crippen LogP contribution >= 0.6 is 23.2 Å². The monoisotopic (exact) mass is 164 g/mol. The summed E-state index contributed by atoms with van der Waals surface area (Å²) in [6.07, 6.45) is 3.53. The molecule has 1 N–H and O–H groups in total. The van der Waals surface area contributed by atoms with E-state index in [0.717, 1.165) is 0 Å². The van der Waals surface area contributed by atoms with Gasteiger partial charge in [0.15, 0.2) is 0 Å². The van der Waals surface area contributed by atoms with E-state index in [1.54, 1.807) is 23.0 Å². The molecule has 1 aliphatic rings. The van der Waals surface area contributed by atoms with E-state index in [-0.39, 0.29) is 5.94 Å². The van der Waals surface area contributed by atoms with Crippen LogP contribution in [0.2, 0.25) is 0 Å². The summed E-state index contributed by atoms with van der Waals surface area (Å²) in [6.45, 7) is 0. The molecule has 0 fully saturated rings. The van der Waals surface area contributed by atoms with Crippen LogP contribution in [-0.4, -0.2) is 10.5 Å². The number of thiol groups is 1. The van der Waals surface area contributed by atoms with Gasteiger partial charge in [0.2, 0.25) is 0 Å². The fourth-order valence-electron chi connectivity index (χ4n) is 0.524. The van der Waals surface area contributed by atoms with Gasteiger partial charge < -0.3 is 0 Å². The third-order valence-electron chi connectivity index (χ3n) is 0.900. The van der Waals surface area contributed by atoms with Gasteiger partial charge in [-0.25, -0.2) is 0 Å². The number of rotatable bonds is 2. The highest BCUT2D eigenvalue weighted by Gasteiger charge is 2.09. The Morgan fingerprint density at radius 1 is 1.44 bits per heavy atom. The molecule has 0 aromatic heterocycles. The first-order valence-corrected chi connectivity index (χ1v) is 4.70. The fourth-order valence-corrected chi connectivity index (χ4v) is 2.08. The lowest BCUT2D eigenvalue weighted by Gasteiger charge is -2.27. The molecule has 1 rings (SSSR count). The van der Waals surface area contributed by atoms with Crippen molar-refractivity contribution < 1.29 is 8.74 Å². The summed E-state index contributed by atoms with van der Waals surface area (Å²) in [7, 11) is -1.99. The average Bonchev–Trinajstić information content (AvgIpc) is 2.16. The highest BCUT2D eigenvalue weighted by atomic mass is 32.3. The van der Waals surface area contributed by atoms with E-state index in [1.807, 2.05) is 0 Å². The molecule has 0 spiro atoms. The smallest absolute Gasteiger partial charge is 0.115 e. The van der Waals surface area contributed by atoms with Crippen LogP contribution in [0.1, 0.15) is 0 Å². The van der Waals surface area contributed by atoms with Crippen LogP contribution in [0.25, 0.3) is 0 Å². The molecule has 0 unspecified atom stereocenters. The Morgan fingerprint density at radius 2 is 2.00 bits per heavy atom. The normalized spacial score (nSPS) is 24.7. The van der Waals surface area contributed by atoms with Crippen LogP contribution in [0.5, 0.6) is 0 Å². The third kappa shape index (κ3) is 1.76. The van der Waals surface area contributed by atoms with E-state index in [1.165, 1.54) is 0 Å². The Kier molecular flexibility index (Phi) is 2.23. The minimum atomic E-state index is -1.99. The molecule has 1 aliphatic heterocycles. The fraction of sp³-hybridized carbons (Fsp3) is 0.200. The molecule has 0 atom stereocenters. The molecule has 0 saturated carbocycles. The third-order valence-corrected chi connectivity index (χ3v) is 2.79. The van der Waals surface area contributed by atoms with E-state index in [4.69, 9.17) is 4.18 Å². The van der Waals surface area contributed by atoms with Crippen LogP contribution in [0.15, 0.2) is 23.0 Å². The van der Waals surface area contributed by atoms with Crippen molar-refractivity contribution in [1.82, 2.24) is 0 Å². The molecular weight excluding hydrogens is 156 g/mol. The van der Waals surface area contributed by atoms with Crippen molar-refractivity contribution >= 4 is 23.2 Å². The molecule has 4 heteroatoms. The molecule has 9 heavy (non-hydrogen) atoms. The highest BCUT2D eigenvalue weighted by Crippen LogP contribution is 2.50. The standard InChI is InChI=1S/C5H8O2S2/c6-9(7-5-8)3-1-2-4-9/h1-4,6,8H,5H2. The van der Waals surface area contributed by atoms with Gasteiger partial charge in [-0.3, -0.25) is 8.74 Å². The van der Waals surface area contributed by atoms with Crippen molar-refractivity contribution in [2.24, 2.45) is 0 Å². The molecule has 52 valence electrons. The van der Waals surface area contributed by atoms with Gasteiger partial charge in [-0.2, -0.15) is 10.6 Å². The Hall–Kier alpha value is 0.100. The largest absolute Gasteiger partial charge is 0.291 e. The molecule has 0 aromatic rings. The van der Waals surface area contributed by atoms with E-state index >= 15 is 0 Å². The van der Waals surface area contributed by atoms with Crippen molar-refractivity contribution in [3.8, 4) is 0 Å². The minimum absolute atomic E-state index is 0.251. The van der Waals surface area contributed by atoms with Gasteiger partial charge in [-0.1, -0.05) is 0 Å². The maximum atomic E-state index is 9.33. The van der Waals surface area contributed by atoms with Crippen molar-refractivity contribution in [1.29, 1.82) is 0 Å². The first kappa shape index (κ1) is 7.21. The van der Waals surface area contributed by atoms with E-state index in [2.05, 4.69) is 12.6 Å². The lowest BCUT2D eigenvalue weighted by atomic mass is 10.6. The maximum Gasteiger partial charge on any atom is 0.115 e. The van der Waals surface area contributed by atoms with E-state index < -0.39 is 10.6 Å². The van der Waals surface area contributed by atoms with Gasteiger partial charge in [-0.05, 0) is 12.2 Å². The van der Waals surface area contributed by atoms with E-state index in [0.29, 0.717) is 0 Å². The van der Waals surface area contributed by atoms with E-state index in [9.17, 15) is 4.55 Å². The summed E-state index contributed by atoms with van der Waals surface area (Å²) < 4.78 is 14.2. The van der Waals surface area contributed by atoms with Gasteiger partial charge in [0.05, 0.1) is 0 Å². The zero-order chi connectivity index (χ0) is 6.74. The summed E-state index contributed by atoms with van der Waals surface area (Å²) in [6, 6.07) is 0. The van der Waals surface area contributed by atoms with Gasteiger partial charge in [0.25, 0.3) is 0 Å². The van der Waals surface area contributed by atoms with Crippen LogP contribution in [0.4, 0.5) is 0 Å². The lowest BCUT2D eigenvalue weighted by molar-refractivity contribution is 0.396. The summed E-state index contributed by atoms with van der Waals surface area (Å²) in [5, 5.41) is 3.28. The summed E-state index contributed by atoms with van der Waals surface area (Å²) in [4.78, 5) is 0. The van der Waals surface area contributed by atoms with Crippen LogP contribution in [0.3, 0.4) is 0 Å². The molecule has 1 heterocycles. The number of allylic oxidation sites excluding steroid dienone is 2. The second-order valence-electron chi connectivity index (χ2n) is 1.52. The SMILES string of the molecule is OS1(OCS)C=CC=C1. The quantitative estimate of drug-likeness (QED) is 0.483. The lowest BCUT2D eigenvalue weighted by Crippen LogP contribution is -1.92. The molecular formula is C5H8O2S2. The first-order chi connectivity index (χ1) is 4.27. The average molecular weight is 164 g/mol. The Labute approximate surface area is 61.4 Å². The zero-order valence-corrected chi connectivity index (χ0v) is 6.44. The second-order valence-corrected chi connectivity index (χ2v) is 3.78. The summed E-state index contributed by atoms with van der Waals surface area (Å²) in [5.74, 6) is 0.251. The Bertz CT molecular complexity index is 141. The van der Waals surface area contributed by atoms with Crippen LogP contribution < -0.4 is 0 Å². The summed E-state index contributed by atoms with van der Waals surface area (Å²) in [5.41, 5.74) is 0. The van der Waals surface area contributed by atoms with Gasteiger partial charge in [0.1, 0.15) is 5.94 Å². The Morgan fingerprint density at radius 3 is 2.44 bits per heavy atom. The van der Waals surface area contributed by atoms with Crippen LogP contribution in [0, 0.1) is 0 Å². The summed E-state index contributed by atoms with van der Waals surface area (Å²) >= 11 is 3.82. The maximum absolute atomic E-state index is 9.33. The van der Waals surface area contributed by atoms with Crippen molar-refractivity contribution in [3.05, 3.63) is 23.0 Å². The van der Waals surface area contributed by atoms with Gasteiger partial charge in [-0.15, -0.1) is 12.6 Å². The number of hydrogen-bond donors (Lipinski definition) is 2. The van der Waals surface area contributed by atoms with Crippen molar-refractivity contribution in [3.63, 3.8) is 0 Å². The zero-order valence-electron chi connectivity index (χ0n) is 4.73. The van der Waals surface area contributed by atoms with Crippen LogP contribution in [-0.2, 0) is 4.18 Å². The highest BCUT2D eigenvalue weighted by molar-refractivity contribution is 8.30. The van der Waals surface area contributed by atoms with Crippen molar-refractivity contribution in [2.75, 3.05) is 5.94 Å². The predicted molar refractivity (Wildman–Crippen MR) is 43.4 cm³/mol. The van der Waals surface area contributed by atoms with Gasteiger partial charge >= 0.3 is 0 Å². The second kappa shape index (κ2) is 2.79. The number of hydrogen-bond acceptors (Lipinski definition) is 3. The molecule has 0 aromatic carbocycles. The molecule has 2 nitrogen and oxygen atoms in total. The Balaban J connectivity index is 2.53. The minimum Gasteiger partial charge on any atom is -0.291 e. The van der Waals surface area contributed by atoms with Crippen molar-refractivity contribution in [2.45, 2.75) is 0 Å². The van der Waals surface area contributed by atoms with Gasteiger partial charge in [0, 0.05) is 10.8 Å². The molecule has 0 aliphatic carbocycles. The molecule has 0 amide bonds. The predicted octanol–water partition coefficient (Wildman–Crippen LogP) is 2.12.